The second-order valence-corrected chi connectivity index (χ2v) is 17.6. The van der Waals surface area contributed by atoms with Gasteiger partial charge in [0.2, 0.25) is 11.9 Å². The zero-order chi connectivity index (χ0) is 52.2. The van der Waals surface area contributed by atoms with E-state index in [0.717, 1.165) is 126 Å². The van der Waals surface area contributed by atoms with Crippen molar-refractivity contribution in [3.63, 3.8) is 0 Å². The van der Waals surface area contributed by atoms with E-state index in [0.29, 0.717) is 37.0 Å². The Bertz CT molecular complexity index is 2650. The van der Waals surface area contributed by atoms with E-state index in [9.17, 15) is 62.3 Å². The summed E-state index contributed by atoms with van der Waals surface area (Å²) < 4.78 is 161. The first kappa shape index (κ1) is 56.0. The molecule has 13 nitrogen and oxygen atoms in total. The van der Waals surface area contributed by atoms with E-state index in [1.807, 2.05) is 14.1 Å². The molecule has 4 N–H and O–H groups in total. The lowest BCUT2D eigenvalue weighted by Gasteiger charge is -2.32. The smallest absolute Gasteiger partial charge is 0.412 e. The Morgan fingerprint density at radius 3 is 1.12 bits per heavy atom. The van der Waals surface area contributed by atoms with Crippen LogP contribution < -0.4 is 10.6 Å². The van der Waals surface area contributed by atoms with Crippen molar-refractivity contribution in [3.8, 4) is 0 Å². The number of anilines is 2. The fourth-order valence-corrected chi connectivity index (χ4v) is 8.32. The molecule has 0 unspecified atom stereocenters. The lowest BCUT2D eigenvalue weighted by atomic mass is 10.1. The van der Waals surface area contributed by atoms with Crippen LogP contribution in [0.5, 0.6) is 0 Å². The molecule has 4 heterocycles. The highest BCUT2D eigenvalue weighted by Crippen LogP contribution is 2.35. The summed E-state index contributed by atoms with van der Waals surface area (Å²) in [5.74, 6) is -1.73. The van der Waals surface area contributed by atoms with Crippen LogP contribution in [0.3, 0.4) is 0 Å². The number of hydrogen-bond acceptors (Lipinski definition) is 8. The number of carbonyl (C=O) groups is 2. The van der Waals surface area contributed by atoms with Crippen LogP contribution in [0, 0.1) is 0 Å². The van der Waals surface area contributed by atoms with Gasteiger partial charge in [-0.25, -0.2) is 9.97 Å². The van der Waals surface area contributed by atoms with Crippen molar-refractivity contribution >= 4 is 45.8 Å². The average Bonchev–Trinajstić information content (AvgIpc) is 3.84. The monoisotopic (exact) mass is 1040 g/mol. The number of aryl methyl sites for hydroxylation is 2. The zero-order valence-electron chi connectivity index (χ0n) is 39.4. The van der Waals surface area contributed by atoms with Gasteiger partial charge in [-0.2, -0.15) is 52.7 Å². The number of imidazole rings is 2. The van der Waals surface area contributed by atoms with E-state index in [4.69, 9.17) is 0 Å². The Labute approximate surface area is 410 Å². The first-order valence-electron chi connectivity index (χ1n) is 22.8. The van der Waals surface area contributed by atoms with Crippen LogP contribution >= 0.6 is 0 Å². The number of carbonyl (C=O) groups excluding carboxylic acids is 2. The van der Waals surface area contributed by atoms with Gasteiger partial charge in [-0.3, -0.25) is 20.2 Å². The number of fused-ring (bicyclic) bond motifs is 2. The number of halogens is 12. The zero-order valence-corrected chi connectivity index (χ0v) is 39.4. The van der Waals surface area contributed by atoms with Crippen molar-refractivity contribution in [2.75, 3.05) is 90.2 Å². The van der Waals surface area contributed by atoms with Gasteiger partial charge in [0.05, 0.1) is 44.3 Å². The van der Waals surface area contributed by atoms with Gasteiger partial charge in [-0.1, -0.05) is 12.1 Å². The summed E-state index contributed by atoms with van der Waals surface area (Å²) in [6, 6.07) is 14.1. The van der Waals surface area contributed by atoms with Gasteiger partial charge in [-0.05, 0) is 113 Å². The van der Waals surface area contributed by atoms with E-state index in [1.54, 1.807) is 9.13 Å². The Morgan fingerprint density at radius 1 is 0.466 bits per heavy atom. The van der Waals surface area contributed by atoms with Gasteiger partial charge in [-0.15, -0.1) is 0 Å². The summed E-state index contributed by atoms with van der Waals surface area (Å²) in [6.07, 6.45) is -17.1. The number of likely N-dealkylation sites (N-methyl/N-ethyl adjacent to an activating group) is 2. The van der Waals surface area contributed by atoms with Gasteiger partial charge in [0.15, 0.2) is 0 Å². The lowest BCUT2D eigenvalue weighted by Crippen LogP contribution is -2.44. The van der Waals surface area contributed by atoms with Crippen LogP contribution in [0.2, 0.25) is 0 Å². The number of rotatable bonds is 12. The molecule has 8 rings (SSSR count). The second-order valence-electron chi connectivity index (χ2n) is 17.6. The summed E-state index contributed by atoms with van der Waals surface area (Å²) >= 11 is 0. The molecule has 2 saturated heterocycles. The molecule has 2 fully saturated rings. The molecule has 2 aliphatic rings. The Morgan fingerprint density at radius 2 is 0.795 bits per heavy atom. The third-order valence-corrected chi connectivity index (χ3v) is 12.4. The fraction of sp³-hybridized carbons (Fsp3) is 0.417. The number of piperazine rings is 2. The van der Waals surface area contributed by atoms with E-state index >= 15 is 0 Å². The molecule has 0 atom stereocenters. The molecule has 4 aromatic carbocycles. The minimum atomic E-state index is -4.62. The highest BCUT2D eigenvalue weighted by molar-refractivity contribution is 6.05. The van der Waals surface area contributed by atoms with Crippen LogP contribution in [-0.4, -0.2) is 136 Å². The van der Waals surface area contributed by atoms with E-state index in [-0.39, 0.29) is 39.5 Å². The topological polar surface area (TPSA) is 138 Å². The lowest BCUT2D eigenvalue weighted by molar-refractivity contribution is -0.138. The van der Waals surface area contributed by atoms with Crippen molar-refractivity contribution in [1.29, 1.82) is 0 Å². The maximum absolute atomic E-state index is 13.2. The number of nitrogens with one attached hydrogen (secondary N) is 2. The number of alkyl halides is 12. The van der Waals surface area contributed by atoms with Gasteiger partial charge in [0.1, 0.15) is 0 Å². The summed E-state index contributed by atoms with van der Waals surface area (Å²) in [6.45, 7) is 9.54. The Balaban J connectivity index is 0.000000235. The number of aromatic nitrogens is 4. The first-order valence-corrected chi connectivity index (χ1v) is 22.8. The minimum Gasteiger partial charge on any atom is -0.412 e. The molecule has 2 amide bonds. The third kappa shape index (κ3) is 14.5. The van der Waals surface area contributed by atoms with Crippen LogP contribution in [-0.2, 0) is 37.8 Å². The number of amides is 2. The van der Waals surface area contributed by atoms with Crippen molar-refractivity contribution in [1.82, 2.24) is 38.7 Å². The molecule has 6 aromatic rings. The van der Waals surface area contributed by atoms with Crippen LogP contribution in [0.15, 0.2) is 84.9 Å². The first-order chi connectivity index (χ1) is 33.8. The molecule has 0 aliphatic carbocycles. The van der Waals surface area contributed by atoms with E-state index in [2.05, 4.69) is 40.2 Å². The van der Waals surface area contributed by atoms with Gasteiger partial charge in [0.25, 0.3) is 11.8 Å². The van der Waals surface area contributed by atoms with Crippen LogP contribution in [0.4, 0.5) is 64.6 Å². The molecular formula is C48H52F12N10O3. The molecule has 2 aromatic heterocycles. The number of benzene rings is 4. The average molecular weight is 1040 g/mol. The second kappa shape index (κ2) is 22.9. The van der Waals surface area contributed by atoms with E-state index < -0.39 is 58.8 Å². The number of hydrogen-bond donors (Lipinski definition) is 2. The van der Waals surface area contributed by atoms with Gasteiger partial charge in [0, 0.05) is 76.6 Å². The molecule has 0 bridgehead atoms. The predicted molar refractivity (Wildman–Crippen MR) is 249 cm³/mol. The maximum atomic E-state index is 13.2. The molecule has 0 spiro atoms. The summed E-state index contributed by atoms with van der Waals surface area (Å²) in [4.78, 5) is 42.9. The summed E-state index contributed by atoms with van der Waals surface area (Å²) in [5.41, 5.74) is -3.36. The molecule has 2 aliphatic heterocycles. The normalized spacial score (nSPS) is 15.8. The predicted octanol–water partition coefficient (Wildman–Crippen LogP) is 9.10. The van der Waals surface area contributed by atoms with Crippen molar-refractivity contribution in [2.45, 2.75) is 50.6 Å². The maximum Gasteiger partial charge on any atom is 0.416 e. The highest BCUT2D eigenvalue weighted by Gasteiger charge is 2.34. The standard InChI is InChI=1S/2C24H25F6N5O.H2O/c2*1-33-10-12-34(13-11-33)8-3-9-35-20-7-6-18(24(28,29)30)15-19(20)31-22(35)32-21(36)16-4-2-5-17(14-16)23(25,26)27;/h2*2,4-7,14-15H,3,8-13H2,1H3,(H,31,32,36);1H2. The quantitative estimate of drug-likeness (QED) is 0.116. The van der Waals surface area contributed by atoms with Crippen molar-refractivity contribution in [3.05, 3.63) is 118 Å². The van der Waals surface area contributed by atoms with Crippen LogP contribution in [0.25, 0.3) is 22.1 Å². The van der Waals surface area contributed by atoms with Crippen molar-refractivity contribution in [2.24, 2.45) is 0 Å². The van der Waals surface area contributed by atoms with Gasteiger partial charge >= 0.3 is 24.7 Å². The summed E-state index contributed by atoms with van der Waals surface area (Å²) in [5, 5.41) is 4.98. The SMILES string of the molecule is CN1CCN(CCCn2c(NC(=O)c3cccc(C(F)(F)F)c3)nc3cc(C(F)(F)F)ccc32)CC1.CN1CCN(CCCn2c(NC(=O)c3cccc(C(F)(F)F)c3)nc3cc(C(F)(F)F)ccc32)CC1.O. The molecule has 73 heavy (non-hydrogen) atoms. The molecule has 0 radical (unpaired) electrons. The molecular weight excluding hydrogens is 993 g/mol. The van der Waals surface area contributed by atoms with Gasteiger partial charge < -0.3 is 34.2 Å². The third-order valence-electron chi connectivity index (χ3n) is 12.4. The number of nitrogens with zero attached hydrogens (tertiary/aromatic N) is 8. The summed E-state index contributed by atoms with van der Waals surface area (Å²) in [7, 11) is 4.09. The highest BCUT2D eigenvalue weighted by atomic mass is 19.4. The fourth-order valence-electron chi connectivity index (χ4n) is 8.32. The molecule has 396 valence electrons. The molecule has 25 heteroatoms. The largest absolute Gasteiger partial charge is 0.416 e. The Kier molecular flexibility index (Phi) is 17.5. The van der Waals surface area contributed by atoms with E-state index in [1.165, 1.54) is 24.3 Å². The Hall–Kier alpha value is -6.28. The molecule has 0 saturated carbocycles. The minimum absolute atomic E-state index is 0. The van der Waals surface area contributed by atoms with Crippen molar-refractivity contribution < 1.29 is 67.8 Å². The van der Waals surface area contributed by atoms with Crippen LogP contribution in [0.1, 0.15) is 55.8 Å².